The van der Waals surface area contributed by atoms with Crippen LogP contribution in [0.5, 0.6) is 0 Å². The number of benzene rings is 1. The second-order valence-corrected chi connectivity index (χ2v) is 4.28. The number of halogens is 4. The Morgan fingerprint density at radius 3 is 2.79 bits per heavy atom. The van der Waals surface area contributed by atoms with Crippen LogP contribution < -0.4 is 0 Å². The van der Waals surface area contributed by atoms with Crippen LogP contribution in [-0.2, 0) is 6.18 Å². The SMILES string of the molecule is FC(F)(F)c1n[nH]c(=S)n1/N=C/c1cccc(Cl)c1. The molecule has 0 fully saturated rings. The normalized spacial score (nSPS) is 12.2. The van der Waals surface area contributed by atoms with Gasteiger partial charge in [-0.05, 0) is 29.9 Å². The molecule has 0 aliphatic rings. The molecule has 0 aliphatic carbocycles. The summed E-state index contributed by atoms with van der Waals surface area (Å²) in [7, 11) is 0. The number of nitrogens with zero attached hydrogens (tertiary/aromatic N) is 3. The summed E-state index contributed by atoms with van der Waals surface area (Å²) in [6, 6.07) is 6.50. The summed E-state index contributed by atoms with van der Waals surface area (Å²) < 4.78 is 38.1. The first-order valence-corrected chi connectivity index (χ1v) is 5.71. The molecule has 0 bridgehead atoms. The van der Waals surface area contributed by atoms with Gasteiger partial charge in [0.1, 0.15) is 0 Å². The van der Waals surface area contributed by atoms with Gasteiger partial charge in [-0.1, -0.05) is 23.7 Å². The lowest BCUT2D eigenvalue weighted by atomic mass is 10.2. The number of hydrogen-bond acceptors (Lipinski definition) is 3. The van der Waals surface area contributed by atoms with E-state index in [0.29, 0.717) is 15.3 Å². The second kappa shape index (κ2) is 5.14. The van der Waals surface area contributed by atoms with Crippen LogP contribution in [0.2, 0.25) is 5.02 Å². The molecule has 2 aromatic rings. The number of hydrogen-bond donors (Lipinski definition) is 1. The maximum absolute atomic E-state index is 12.6. The van der Waals surface area contributed by atoms with Gasteiger partial charge in [0.2, 0.25) is 4.77 Å². The molecule has 1 aromatic carbocycles. The smallest absolute Gasteiger partial charge is 0.250 e. The minimum absolute atomic E-state index is 0.245. The highest BCUT2D eigenvalue weighted by atomic mass is 35.5. The van der Waals surface area contributed by atoms with Gasteiger partial charge in [-0.2, -0.15) is 22.9 Å². The van der Waals surface area contributed by atoms with Crippen molar-refractivity contribution in [3.8, 4) is 0 Å². The van der Waals surface area contributed by atoms with Crippen molar-refractivity contribution in [3.05, 3.63) is 45.4 Å². The van der Waals surface area contributed by atoms with Crippen molar-refractivity contribution in [1.82, 2.24) is 14.9 Å². The topological polar surface area (TPSA) is 46.0 Å². The van der Waals surface area contributed by atoms with Gasteiger partial charge in [0, 0.05) is 5.02 Å². The summed E-state index contributed by atoms with van der Waals surface area (Å²) in [5.74, 6) is -1.21. The zero-order chi connectivity index (χ0) is 14.0. The van der Waals surface area contributed by atoms with Crippen molar-refractivity contribution in [2.24, 2.45) is 5.10 Å². The van der Waals surface area contributed by atoms with Crippen molar-refractivity contribution < 1.29 is 13.2 Å². The van der Waals surface area contributed by atoms with Gasteiger partial charge < -0.3 is 0 Å². The third-order valence-corrected chi connectivity index (χ3v) is 2.57. The molecule has 0 radical (unpaired) electrons. The fourth-order valence-corrected chi connectivity index (χ4v) is 1.67. The standard InChI is InChI=1S/C10H6ClF3N4S/c11-7-3-1-2-6(4-7)5-15-18-8(10(12,13)14)16-17-9(18)19/h1-5H,(H,17,19)/b15-5+. The fourth-order valence-electron chi connectivity index (χ4n) is 1.29. The Morgan fingerprint density at radius 1 is 1.42 bits per heavy atom. The van der Waals surface area contributed by atoms with Crippen molar-refractivity contribution in [3.63, 3.8) is 0 Å². The van der Waals surface area contributed by atoms with E-state index in [2.05, 4.69) is 27.5 Å². The molecular formula is C10H6ClF3N4S. The predicted molar refractivity (Wildman–Crippen MR) is 66.9 cm³/mol. The van der Waals surface area contributed by atoms with E-state index in [1.165, 1.54) is 6.21 Å². The molecule has 0 atom stereocenters. The molecular weight excluding hydrogens is 301 g/mol. The van der Waals surface area contributed by atoms with E-state index in [9.17, 15) is 13.2 Å². The van der Waals surface area contributed by atoms with E-state index in [1.807, 2.05) is 0 Å². The molecule has 1 heterocycles. The Morgan fingerprint density at radius 2 is 2.16 bits per heavy atom. The third kappa shape index (κ3) is 3.21. The molecule has 4 nitrogen and oxygen atoms in total. The molecule has 2 rings (SSSR count). The summed E-state index contributed by atoms with van der Waals surface area (Å²) in [6.07, 6.45) is -3.42. The predicted octanol–water partition coefficient (Wildman–Crippen LogP) is 3.50. The number of aromatic amines is 1. The molecule has 9 heteroatoms. The third-order valence-electron chi connectivity index (χ3n) is 2.07. The van der Waals surface area contributed by atoms with E-state index >= 15 is 0 Å². The van der Waals surface area contributed by atoms with Gasteiger partial charge in [-0.25, -0.2) is 5.10 Å². The Kier molecular flexibility index (Phi) is 3.72. The lowest BCUT2D eigenvalue weighted by Crippen LogP contribution is -2.12. The van der Waals surface area contributed by atoms with Crippen molar-refractivity contribution in [2.75, 3.05) is 0 Å². The Bertz CT molecular complexity index is 674. The van der Waals surface area contributed by atoms with Crippen molar-refractivity contribution in [1.29, 1.82) is 0 Å². The molecule has 0 amide bonds. The molecule has 0 saturated heterocycles. The number of alkyl halides is 3. The highest BCUT2D eigenvalue weighted by Gasteiger charge is 2.37. The minimum Gasteiger partial charge on any atom is -0.250 e. The zero-order valence-corrected chi connectivity index (χ0v) is 10.7. The highest BCUT2D eigenvalue weighted by molar-refractivity contribution is 7.71. The summed E-state index contributed by atoms with van der Waals surface area (Å²) in [4.78, 5) is 0. The van der Waals surface area contributed by atoms with Crippen molar-refractivity contribution >= 4 is 30.0 Å². The fraction of sp³-hybridized carbons (Fsp3) is 0.100. The molecule has 19 heavy (non-hydrogen) atoms. The largest absolute Gasteiger partial charge is 0.453 e. The van der Waals surface area contributed by atoms with Gasteiger partial charge in [-0.15, -0.1) is 5.10 Å². The average molecular weight is 307 g/mol. The molecule has 0 spiro atoms. The van der Waals surface area contributed by atoms with Crippen LogP contribution in [0.1, 0.15) is 11.4 Å². The summed E-state index contributed by atoms with van der Waals surface area (Å²) in [5, 5.41) is 9.26. The maximum atomic E-state index is 12.6. The summed E-state index contributed by atoms with van der Waals surface area (Å²) in [5.41, 5.74) is 0.545. The first kappa shape index (κ1) is 13.8. The number of rotatable bonds is 2. The van der Waals surface area contributed by atoms with E-state index in [1.54, 1.807) is 24.3 Å². The Balaban J connectivity index is 2.39. The lowest BCUT2D eigenvalue weighted by molar-refractivity contribution is -0.147. The van der Waals surface area contributed by atoms with Crippen LogP contribution >= 0.6 is 23.8 Å². The van der Waals surface area contributed by atoms with Crippen LogP contribution in [0.25, 0.3) is 0 Å². The van der Waals surface area contributed by atoms with E-state index < -0.39 is 12.0 Å². The van der Waals surface area contributed by atoms with Gasteiger partial charge >= 0.3 is 6.18 Å². The van der Waals surface area contributed by atoms with Gasteiger partial charge in [0.05, 0.1) is 6.21 Å². The zero-order valence-electron chi connectivity index (χ0n) is 9.15. The Hall–Kier alpha value is -1.67. The first-order valence-electron chi connectivity index (χ1n) is 4.92. The molecule has 100 valence electrons. The molecule has 1 N–H and O–H groups in total. The Labute approximate surface area is 115 Å². The van der Waals surface area contributed by atoms with E-state index in [-0.39, 0.29) is 4.77 Å². The highest BCUT2D eigenvalue weighted by Crippen LogP contribution is 2.27. The average Bonchev–Trinajstić information content (AvgIpc) is 2.68. The van der Waals surface area contributed by atoms with Crippen molar-refractivity contribution in [2.45, 2.75) is 6.18 Å². The monoisotopic (exact) mass is 306 g/mol. The molecule has 0 aliphatic heterocycles. The van der Waals surface area contributed by atoms with Gasteiger partial charge in [0.15, 0.2) is 0 Å². The van der Waals surface area contributed by atoms with Crippen LogP contribution in [0.3, 0.4) is 0 Å². The minimum atomic E-state index is -4.64. The summed E-state index contributed by atoms with van der Waals surface area (Å²) in [6.45, 7) is 0. The van der Waals surface area contributed by atoms with Crippen LogP contribution in [0, 0.1) is 4.77 Å². The maximum Gasteiger partial charge on any atom is 0.453 e. The number of aromatic nitrogens is 3. The van der Waals surface area contributed by atoms with Gasteiger partial charge in [-0.3, -0.25) is 0 Å². The second-order valence-electron chi connectivity index (χ2n) is 3.46. The quantitative estimate of drug-likeness (QED) is 0.682. The lowest BCUT2D eigenvalue weighted by Gasteiger charge is -2.03. The molecule has 1 aromatic heterocycles. The van der Waals surface area contributed by atoms with E-state index in [4.69, 9.17) is 11.6 Å². The molecule has 0 unspecified atom stereocenters. The van der Waals surface area contributed by atoms with Crippen LogP contribution in [-0.4, -0.2) is 21.1 Å². The van der Waals surface area contributed by atoms with Crippen LogP contribution in [0.4, 0.5) is 13.2 Å². The number of nitrogens with one attached hydrogen (secondary N) is 1. The number of H-pyrrole nitrogens is 1. The van der Waals surface area contributed by atoms with Crippen LogP contribution in [0.15, 0.2) is 29.4 Å². The first-order chi connectivity index (χ1) is 8.88. The summed E-state index contributed by atoms with van der Waals surface area (Å²) >= 11 is 10.4. The van der Waals surface area contributed by atoms with Gasteiger partial charge in [0.25, 0.3) is 5.82 Å². The molecule has 0 saturated carbocycles. The van der Waals surface area contributed by atoms with E-state index in [0.717, 1.165) is 0 Å².